The topological polar surface area (TPSA) is 67.2 Å². The highest BCUT2D eigenvalue weighted by molar-refractivity contribution is 5.96. The highest BCUT2D eigenvalue weighted by atomic mass is 19.1. The average molecular weight is 325 g/mol. The van der Waals surface area contributed by atoms with E-state index in [1.807, 2.05) is 30.3 Å². The van der Waals surface area contributed by atoms with Crippen LogP contribution in [-0.2, 0) is 4.79 Å². The first kappa shape index (κ1) is 15.7. The molecule has 0 saturated carbocycles. The van der Waals surface area contributed by atoms with Crippen LogP contribution in [0.25, 0.3) is 0 Å². The number of carbonyl (C=O) groups is 1. The van der Waals surface area contributed by atoms with E-state index in [0.717, 1.165) is 5.56 Å². The average Bonchev–Trinajstić information content (AvgIpc) is 3.00. The van der Waals surface area contributed by atoms with E-state index in [9.17, 15) is 9.18 Å². The molecule has 1 aromatic heterocycles. The van der Waals surface area contributed by atoms with E-state index < -0.39 is 6.04 Å². The maximum Gasteiger partial charge on any atom is 0.252 e. The van der Waals surface area contributed by atoms with Gasteiger partial charge in [0.25, 0.3) is 5.91 Å². The van der Waals surface area contributed by atoms with Crippen molar-refractivity contribution in [2.45, 2.75) is 13.0 Å². The van der Waals surface area contributed by atoms with Crippen LogP contribution in [0.5, 0.6) is 0 Å². The van der Waals surface area contributed by atoms with Gasteiger partial charge in [0.2, 0.25) is 0 Å². The first-order valence-electron chi connectivity index (χ1n) is 7.43. The van der Waals surface area contributed by atoms with Crippen LogP contribution in [0, 0.1) is 12.7 Å². The summed E-state index contributed by atoms with van der Waals surface area (Å²) in [5.41, 5.74) is 1.41. The number of nitrogens with zero attached hydrogens (tertiary/aromatic N) is 1. The molecule has 0 bridgehead atoms. The van der Waals surface area contributed by atoms with Gasteiger partial charge in [0.05, 0.1) is 0 Å². The summed E-state index contributed by atoms with van der Waals surface area (Å²) in [7, 11) is 0. The summed E-state index contributed by atoms with van der Waals surface area (Å²) in [5.74, 6) is 0.325. The fourth-order valence-corrected chi connectivity index (χ4v) is 2.28. The fourth-order valence-electron chi connectivity index (χ4n) is 2.28. The molecule has 122 valence electrons. The monoisotopic (exact) mass is 325 g/mol. The molecule has 3 rings (SSSR count). The van der Waals surface area contributed by atoms with Gasteiger partial charge in [-0.05, 0) is 36.8 Å². The van der Waals surface area contributed by atoms with Crippen molar-refractivity contribution < 1.29 is 13.7 Å². The maximum atomic E-state index is 13.1. The van der Waals surface area contributed by atoms with Gasteiger partial charge in [-0.25, -0.2) is 4.39 Å². The molecule has 1 heterocycles. The van der Waals surface area contributed by atoms with Crippen LogP contribution in [0.1, 0.15) is 17.4 Å². The van der Waals surface area contributed by atoms with Gasteiger partial charge in [0, 0.05) is 11.8 Å². The van der Waals surface area contributed by atoms with Crippen LogP contribution in [0.3, 0.4) is 0 Å². The zero-order chi connectivity index (χ0) is 16.9. The third kappa shape index (κ3) is 3.78. The summed E-state index contributed by atoms with van der Waals surface area (Å²) < 4.78 is 18.0. The van der Waals surface area contributed by atoms with Gasteiger partial charge in [-0.3, -0.25) is 4.79 Å². The van der Waals surface area contributed by atoms with E-state index in [1.165, 1.54) is 12.1 Å². The van der Waals surface area contributed by atoms with Gasteiger partial charge in [0.15, 0.2) is 5.82 Å². The minimum Gasteiger partial charge on any atom is -0.370 e. The first-order valence-corrected chi connectivity index (χ1v) is 7.43. The van der Waals surface area contributed by atoms with Gasteiger partial charge in [-0.15, -0.1) is 0 Å². The van der Waals surface area contributed by atoms with Crippen LogP contribution >= 0.6 is 0 Å². The number of amides is 1. The second kappa shape index (κ2) is 6.95. The molecule has 1 atom stereocenters. The van der Waals surface area contributed by atoms with Crippen molar-refractivity contribution in [2.24, 2.45) is 0 Å². The number of halogens is 1. The second-order valence-electron chi connectivity index (χ2n) is 5.31. The Balaban J connectivity index is 1.84. The minimum atomic E-state index is -0.659. The van der Waals surface area contributed by atoms with E-state index in [4.69, 9.17) is 4.52 Å². The van der Waals surface area contributed by atoms with Gasteiger partial charge in [0.1, 0.15) is 17.6 Å². The molecular weight excluding hydrogens is 309 g/mol. The number of hydrogen-bond donors (Lipinski definition) is 2. The van der Waals surface area contributed by atoms with Gasteiger partial charge in [-0.2, -0.15) is 0 Å². The van der Waals surface area contributed by atoms with E-state index in [0.29, 0.717) is 17.3 Å². The molecule has 2 aromatic carbocycles. The van der Waals surface area contributed by atoms with Gasteiger partial charge in [-0.1, -0.05) is 35.5 Å². The molecular formula is C18H16FN3O2. The predicted molar refractivity (Wildman–Crippen MR) is 89.1 cm³/mol. The number of rotatable bonds is 5. The molecule has 24 heavy (non-hydrogen) atoms. The third-order valence-corrected chi connectivity index (χ3v) is 3.43. The molecule has 0 radical (unpaired) electrons. The highest BCUT2D eigenvalue weighted by Crippen LogP contribution is 2.22. The summed E-state index contributed by atoms with van der Waals surface area (Å²) in [6.07, 6.45) is 0. The van der Waals surface area contributed by atoms with Crippen molar-refractivity contribution in [3.05, 3.63) is 77.8 Å². The molecule has 2 N–H and O–H groups in total. The Labute approximate surface area is 138 Å². The van der Waals surface area contributed by atoms with E-state index >= 15 is 0 Å². The number of nitrogens with one attached hydrogen (secondary N) is 2. The third-order valence-electron chi connectivity index (χ3n) is 3.43. The summed E-state index contributed by atoms with van der Waals surface area (Å²) in [5, 5.41) is 9.59. The van der Waals surface area contributed by atoms with Crippen molar-refractivity contribution in [2.75, 3.05) is 10.6 Å². The first-order chi connectivity index (χ1) is 11.6. The Hall–Kier alpha value is -3.15. The summed E-state index contributed by atoms with van der Waals surface area (Å²) in [6.45, 7) is 1.74. The van der Waals surface area contributed by atoms with Gasteiger partial charge >= 0.3 is 0 Å². The predicted octanol–water partition coefficient (Wildman–Crippen LogP) is 3.91. The standard InChI is InChI=1S/C18H16FN3O2/c1-12-11-16(22-24-12)21-18(23)17(13-5-3-2-4-6-13)20-15-9-7-14(19)8-10-15/h2-11,17,20H,1H3,(H,21,22,23)/t17-/m0/s1. The molecule has 0 unspecified atom stereocenters. The summed E-state index contributed by atoms with van der Waals surface area (Å²) >= 11 is 0. The van der Waals surface area contributed by atoms with Crippen molar-refractivity contribution in [1.29, 1.82) is 0 Å². The Morgan fingerprint density at radius 1 is 1.12 bits per heavy atom. The van der Waals surface area contributed by atoms with E-state index in [-0.39, 0.29) is 11.7 Å². The van der Waals surface area contributed by atoms with Crippen LogP contribution in [0.15, 0.2) is 65.2 Å². The number of hydrogen-bond acceptors (Lipinski definition) is 4. The Morgan fingerprint density at radius 3 is 2.46 bits per heavy atom. The lowest BCUT2D eigenvalue weighted by molar-refractivity contribution is -0.117. The Kier molecular flexibility index (Phi) is 4.56. The molecule has 0 spiro atoms. The molecule has 5 nitrogen and oxygen atoms in total. The van der Waals surface area contributed by atoms with Crippen molar-refractivity contribution >= 4 is 17.4 Å². The molecule has 0 fully saturated rings. The smallest absolute Gasteiger partial charge is 0.252 e. The Morgan fingerprint density at radius 2 is 1.83 bits per heavy atom. The van der Waals surface area contributed by atoms with E-state index in [2.05, 4.69) is 15.8 Å². The lowest BCUT2D eigenvalue weighted by atomic mass is 10.1. The van der Waals surface area contributed by atoms with Crippen LogP contribution in [0.4, 0.5) is 15.9 Å². The number of aryl methyl sites for hydroxylation is 1. The number of aromatic nitrogens is 1. The van der Waals surface area contributed by atoms with Crippen molar-refractivity contribution in [3.8, 4) is 0 Å². The lowest BCUT2D eigenvalue weighted by Crippen LogP contribution is -2.27. The Bertz CT molecular complexity index is 816. The van der Waals surface area contributed by atoms with Crippen LogP contribution in [0.2, 0.25) is 0 Å². The highest BCUT2D eigenvalue weighted by Gasteiger charge is 2.21. The summed E-state index contributed by atoms with van der Waals surface area (Å²) in [4.78, 5) is 12.7. The van der Waals surface area contributed by atoms with E-state index in [1.54, 1.807) is 25.1 Å². The molecule has 6 heteroatoms. The maximum absolute atomic E-state index is 13.1. The number of carbonyl (C=O) groups excluding carboxylic acids is 1. The lowest BCUT2D eigenvalue weighted by Gasteiger charge is -2.19. The normalized spacial score (nSPS) is 11.8. The SMILES string of the molecule is Cc1cc(NC(=O)[C@@H](Nc2ccc(F)cc2)c2ccccc2)no1. The second-order valence-corrected chi connectivity index (χ2v) is 5.31. The van der Waals surface area contributed by atoms with Crippen LogP contribution < -0.4 is 10.6 Å². The van der Waals surface area contributed by atoms with Crippen LogP contribution in [-0.4, -0.2) is 11.1 Å². The summed E-state index contributed by atoms with van der Waals surface area (Å²) in [6, 6.07) is 16.1. The minimum absolute atomic E-state index is 0.293. The molecule has 0 aliphatic heterocycles. The molecule has 0 saturated heterocycles. The fraction of sp³-hybridized carbons (Fsp3) is 0.111. The zero-order valence-electron chi connectivity index (χ0n) is 13.0. The largest absolute Gasteiger partial charge is 0.370 e. The molecule has 1 amide bonds. The van der Waals surface area contributed by atoms with Crippen molar-refractivity contribution in [3.63, 3.8) is 0 Å². The van der Waals surface area contributed by atoms with Crippen molar-refractivity contribution in [1.82, 2.24) is 5.16 Å². The quantitative estimate of drug-likeness (QED) is 0.746. The molecule has 0 aliphatic carbocycles. The zero-order valence-corrected chi connectivity index (χ0v) is 13.0. The number of anilines is 2. The van der Waals surface area contributed by atoms with Gasteiger partial charge < -0.3 is 15.2 Å². The molecule has 3 aromatic rings. The molecule has 0 aliphatic rings. The number of benzene rings is 2.